The van der Waals surface area contributed by atoms with Gasteiger partial charge in [-0.15, -0.1) is 11.3 Å². The average molecular weight is 302 g/mol. The number of rotatable bonds is 6. The lowest BCUT2D eigenvalue weighted by atomic mass is 10.0. The SMILES string of the molecule is CCCNC(Cc1ccsc1)c1cnc2ccsc2c1. The van der Waals surface area contributed by atoms with Crippen molar-refractivity contribution in [2.75, 3.05) is 6.54 Å². The molecule has 0 fully saturated rings. The van der Waals surface area contributed by atoms with E-state index in [1.165, 1.54) is 15.8 Å². The average Bonchev–Trinajstić information content (AvgIpc) is 3.13. The molecule has 0 saturated carbocycles. The molecule has 3 aromatic rings. The van der Waals surface area contributed by atoms with Gasteiger partial charge in [-0.25, -0.2) is 0 Å². The normalized spacial score (nSPS) is 12.8. The third-order valence-electron chi connectivity index (χ3n) is 3.39. The van der Waals surface area contributed by atoms with Crippen molar-refractivity contribution < 1.29 is 0 Å². The van der Waals surface area contributed by atoms with Gasteiger partial charge >= 0.3 is 0 Å². The first-order valence-electron chi connectivity index (χ1n) is 6.94. The number of hydrogen-bond donors (Lipinski definition) is 1. The van der Waals surface area contributed by atoms with Crippen LogP contribution in [0.5, 0.6) is 0 Å². The van der Waals surface area contributed by atoms with Gasteiger partial charge in [0.1, 0.15) is 0 Å². The molecule has 20 heavy (non-hydrogen) atoms. The Balaban J connectivity index is 1.86. The van der Waals surface area contributed by atoms with Gasteiger partial charge in [-0.05, 0) is 64.9 Å². The summed E-state index contributed by atoms with van der Waals surface area (Å²) in [6.45, 7) is 3.24. The molecule has 0 radical (unpaired) electrons. The molecule has 3 heterocycles. The van der Waals surface area contributed by atoms with E-state index in [4.69, 9.17) is 0 Å². The molecule has 1 atom stereocenters. The fraction of sp³-hybridized carbons (Fsp3) is 0.312. The zero-order chi connectivity index (χ0) is 13.8. The molecule has 3 rings (SSSR count). The molecule has 3 aromatic heterocycles. The topological polar surface area (TPSA) is 24.9 Å². The molecular weight excluding hydrogens is 284 g/mol. The third kappa shape index (κ3) is 3.08. The summed E-state index contributed by atoms with van der Waals surface area (Å²) in [6.07, 6.45) is 4.20. The van der Waals surface area contributed by atoms with Crippen molar-refractivity contribution in [1.82, 2.24) is 10.3 Å². The Morgan fingerprint density at radius 1 is 1.30 bits per heavy atom. The van der Waals surface area contributed by atoms with Crippen LogP contribution in [-0.4, -0.2) is 11.5 Å². The van der Waals surface area contributed by atoms with Crippen LogP contribution in [0.3, 0.4) is 0 Å². The van der Waals surface area contributed by atoms with Gasteiger partial charge in [0.05, 0.1) is 10.2 Å². The molecule has 0 amide bonds. The molecule has 0 aliphatic rings. The number of thiophene rings is 2. The van der Waals surface area contributed by atoms with Crippen molar-refractivity contribution in [2.45, 2.75) is 25.8 Å². The number of fused-ring (bicyclic) bond motifs is 1. The van der Waals surface area contributed by atoms with E-state index >= 15 is 0 Å². The highest BCUT2D eigenvalue weighted by molar-refractivity contribution is 7.17. The van der Waals surface area contributed by atoms with Gasteiger partial charge in [-0.2, -0.15) is 11.3 Å². The van der Waals surface area contributed by atoms with E-state index in [0.717, 1.165) is 24.9 Å². The lowest BCUT2D eigenvalue weighted by molar-refractivity contribution is 0.529. The highest BCUT2D eigenvalue weighted by Gasteiger charge is 2.13. The molecule has 0 aliphatic heterocycles. The molecule has 0 aromatic carbocycles. The predicted molar refractivity (Wildman–Crippen MR) is 88.7 cm³/mol. The summed E-state index contributed by atoms with van der Waals surface area (Å²) < 4.78 is 1.27. The summed E-state index contributed by atoms with van der Waals surface area (Å²) in [4.78, 5) is 4.57. The fourth-order valence-electron chi connectivity index (χ4n) is 2.32. The van der Waals surface area contributed by atoms with Gasteiger partial charge < -0.3 is 5.32 Å². The largest absolute Gasteiger partial charge is 0.310 e. The standard InChI is InChI=1S/C16H18N2S2/c1-2-5-17-15(8-12-3-6-19-11-12)13-9-16-14(18-10-13)4-7-20-16/h3-4,6-7,9-11,15,17H,2,5,8H2,1H3. The molecule has 1 unspecified atom stereocenters. The van der Waals surface area contributed by atoms with Crippen molar-refractivity contribution in [1.29, 1.82) is 0 Å². The Kier molecular flexibility index (Phi) is 4.45. The zero-order valence-electron chi connectivity index (χ0n) is 11.5. The first-order valence-corrected chi connectivity index (χ1v) is 8.76. The van der Waals surface area contributed by atoms with Crippen molar-refractivity contribution in [3.05, 3.63) is 51.7 Å². The molecule has 2 nitrogen and oxygen atoms in total. The van der Waals surface area contributed by atoms with Crippen LogP contribution in [0.25, 0.3) is 10.2 Å². The number of nitrogens with one attached hydrogen (secondary N) is 1. The van der Waals surface area contributed by atoms with Gasteiger partial charge in [0.25, 0.3) is 0 Å². The maximum Gasteiger partial charge on any atom is 0.0809 e. The van der Waals surface area contributed by atoms with Gasteiger partial charge in [-0.3, -0.25) is 4.98 Å². The molecule has 0 spiro atoms. The maximum absolute atomic E-state index is 4.57. The second kappa shape index (κ2) is 6.48. The van der Waals surface area contributed by atoms with Crippen LogP contribution in [0, 0.1) is 0 Å². The number of hydrogen-bond acceptors (Lipinski definition) is 4. The zero-order valence-corrected chi connectivity index (χ0v) is 13.1. The van der Waals surface area contributed by atoms with Gasteiger partial charge in [0, 0.05) is 12.2 Å². The Morgan fingerprint density at radius 2 is 2.25 bits per heavy atom. The molecule has 104 valence electrons. The second-order valence-electron chi connectivity index (χ2n) is 4.92. The van der Waals surface area contributed by atoms with Gasteiger partial charge in [0.2, 0.25) is 0 Å². The Hall–Kier alpha value is -1.23. The van der Waals surface area contributed by atoms with Gasteiger partial charge in [-0.1, -0.05) is 6.92 Å². The molecule has 0 bridgehead atoms. The van der Waals surface area contributed by atoms with E-state index in [1.807, 2.05) is 6.20 Å². The number of pyridine rings is 1. The molecular formula is C16H18N2S2. The summed E-state index contributed by atoms with van der Waals surface area (Å²) in [5.41, 5.74) is 3.79. The van der Waals surface area contributed by atoms with Crippen LogP contribution in [0.15, 0.2) is 40.5 Å². The molecule has 1 N–H and O–H groups in total. The Bertz CT molecular complexity index is 658. The smallest absolute Gasteiger partial charge is 0.0809 e. The molecule has 0 saturated heterocycles. The van der Waals surface area contributed by atoms with Crippen molar-refractivity contribution in [3.63, 3.8) is 0 Å². The van der Waals surface area contributed by atoms with Crippen LogP contribution in [-0.2, 0) is 6.42 Å². The minimum atomic E-state index is 0.351. The minimum absolute atomic E-state index is 0.351. The van der Waals surface area contributed by atoms with E-state index in [0.29, 0.717) is 6.04 Å². The highest BCUT2D eigenvalue weighted by Crippen LogP contribution is 2.25. The van der Waals surface area contributed by atoms with E-state index in [1.54, 1.807) is 22.7 Å². The van der Waals surface area contributed by atoms with Crippen molar-refractivity contribution >= 4 is 32.9 Å². The number of aromatic nitrogens is 1. The summed E-state index contributed by atoms with van der Waals surface area (Å²) in [5, 5.41) is 10.1. The first-order chi connectivity index (χ1) is 9.86. The number of nitrogens with zero attached hydrogens (tertiary/aromatic N) is 1. The molecule has 4 heteroatoms. The van der Waals surface area contributed by atoms with Crippen LogP contribution >= 0.6 is 22.7 Å². The Morgan fingerprint density at radius 3 is 3.05 bits per heavy atom. The molecule has 0 aliphatic carbocycles. The van der Waals surface area contributed by atoms with E-state index in [2.05, 4.69) is 51.6 Å². The lowest BCUT2D eigenvalue weighted by Crippen LogP contribution is -2.24. The monoisotopic (exact) mass is 302 g/mol. The van der Waals surface area contributed by atoms with Crippen LogP contribution in [0.2, 0.25) is 0 Å². The quantitative estimate of drug-likeness (QED) is 0.717. The Labute approximate surface area is 127 Å². The summed E-state index contributed by atoms with van der Waals surface area (Å²) in [7, 11) is 0. The third-order valence-corrected chi connectivity index (χ3v) is 4.97. The fourth-order valence-corrected chi connectivity index (χ4v) is 3.79. The van der Waals surface area contributed by atoms with Gasteiger partial charge in [0.15, 0.2) is 0 Å². The van der Waals surface area contributed by atoms with E-state index in [-0.39, 0.29) is 0 Å². The van der Waals surface area contributed by atoms with Crippen LogP contribution < -0.4 is 5.32 Å². The summed E-state index contributed by atoms with van der Waals surface area (Å²) >= 11 is 3.53. The predicted octanol–water partition coefficient (Wildman–Crippen LogP) is 4.64. The maximum atomic E-state index is 4.57. The first kappa shape index (κ1) is 13.7. The lowest BCUT2D eigenvalue weighted by Gasteiger charge is -2.18. The minimum Gasteiger partial charge on any atom is -0.310 e. The van der Waals surface area contributed by atoms with Crippen molar-refractivity contribution in [3.8, 4) is 0 Å². The highest BCUT2D eigenvalue weighted by atomic mass is 32.1. The summed E-state index contributed by atoms with van der Waals surface area (Å²) in [5.74, 6) is 0. The second-order valence-corrected chi connectivity index (χ2v) is 6.64. The van der Waals surface area contributed by atoms with Crippen LogP contribution in [0.1, 0.15) is 30.5 Å². The van der Waals surface area contributed by atoms with Crippen LogP contribution in [0.4, 0.5) is 0 Å². The van der Waals surface area contributed by atoms with E-state index < -0.39 is 0 Å². The van der Waals surface area contributed by atoms with E-state index in [9.17, 15) is 0 Å². The summed E-state index contributed by atoms with van der Waals surface area (Å²) in [6, 6.07) is 6.93. The van der Waals surface area contributed by atoms with Crippen molar-refractivity contribution in [2.24, 2.45) is 0 Å².